The Bertz CT molecular complexity index is 1300. The van der Waals surface area contributed by atoms with Gasteiger partial charge in [-0.05, 0) is 54.3 Å². The first kappa shape index (κ1) is 21.8. The summed E-state index contributed by atoms with van der Waals surface area (Å²) in [6.45, 7) is 1.81. The number of hydrogen-bond acceptors (Lipinski definition) is 5. The molecule has 7 nitrogen and oxygen atoms in total. The van der Waals surface area contributed by atoms with E-state index < -0.39 is 10.0 Å². The van der Waals surface area contributed by atoms with Gasteiger partial charge in [-0.1, -0.05) is 31.2 Å². The minimum atomic E-state index is -3.37. The van der Waals surface area contributed by atoms with Crippen molar-refractivity contribution in [3.8, 4) is 16.3 Å². The Morgan fingerprint density at radius 2 is 1.72 bits per heavy atom. The maximum atomic E-state index is 13.1. The monoisotopic (exact) mass is 466 g/mol. The van der Waals surface area contributed by atoms with Crippen LogP contribution in [0.15, 0.2) is 78.3 Å². The quantitative estimate of drug-likeness (QED) is 0.382. The molecular weight excluding hydrogens is 444 g/mol. The second-order valence-corrected chi connectivity index (χ2v) is 9.89. The maximum absolute atomic E-state index is 13.1. The maximum Gasteiger partial charge on any atom is 0.259 e. The summed E-state index contributed by atoms with van der Waals surface area (Å²) in [6, 6.07) is 20.0. The third-order valence-corrected chi connectivity index (χ3v) is 6.99. The fourth-order valence-electron chi connectivity index (χ4n) is 3.17. The van der Waals surface area contributed by atoms with Crippen molar-refractivity contribution >= 4 is 38.6 Å². The molecule has 9 heteroatoms. The van der Waals surface area contributed by atoms with Crippen LogP contribution < -0.4 is 10.0 Å². The van der Waals surface area contributed by atoms with Crippen LogP contribution in [0.4, 0.5) is 11.4 Å². The van der Waals surface area contributed by atoms with Crippen molar-refractivity contribution in [2.24, 2.45) is 0 Å². The molecule has 2 aromatic heterocycles. The Morgan fingerprint density at radius 1 is 1.00 bits per heavy atom. The summed E-state index contributed by atoms with van der Waals surface area (Å²) >= 11 is 1.51. The number of rotatable bonds is 8. The largest absolute Gasteiger partial charge is 0.322 e. The second-order valence-electron chi connectivity index (χ2n) is 7.10. The van der Waals surface area contributed by atoms with Crippen LogP contribution in [0.3, 0.4) is 0 Å². The summed E-state index contributed by atoms with van der Waals surface area (Å²) in [4.78, 5) is 14.0. The van der Waals surface area contributed by atoms with Gasteiger partial charge < -0.3 is 5.32 Å². The zero-order chi connectivity index (χ0) is 22.6. The van der Waals surface area contributed by atoms with Crippen LogP contribution in [-0.4, -0.2) is 29.9 Å². The van der Waals surface area contributed by atoms with Gasteiger partial charge in [-0.3, -0.25) is 9.52 Å². The lowest BCUT2D eigenvalue weighted by Crippen LogP contribution is -2.16. The highest BCUT2D eigenvalue weighted by atomic mass is 32.2. The third kappa shape index (κ3) is 5.06. The van der Waals surface area contributed by atoms with Gasteiger partial charge >= 0.3 is 0 Å². The van der Waals surface area contributed by atoms with Crippen LogP contribution in [0.25, 0.3) is 16.3 Å². The SMILES string of the molecule is CCCS(=O)(=O)Nc1ccc(NC(=O)c2cn(-c3ccccc3)nc2-c2cccs2)cc1. The Kier molecular flexibility index (Phi) is 6.38. The molecule has 4 rings (SSSR count). The summed E-state index contributed by atoms with van der Waals surface area (Å²) in [7, 11) is -3.37. The third-order valence-electron chi connectivity index (χ3n) is 4.62. The van der Waals surface area contributed by atoms with E-state index in [1.807, 2.05) is 54.8 Å². The number of carbonyl (C=O) groups excluding carboxylic acids is 1. The highest BCUT2D eigenvalue weighted by molar-refractivity contribution is 7.92. The molecule has 0 bridgehead atoms. The van der Waals surface area contributed by atoms with E-state index in [-0.39, 0.29) is 11.7 Å². The van der Waals surface area contributed by atoms with Crippen LogP contribution in [-0.2, 0) is 10.0 Å². The zero-order valence-electron chi connectivity index (χ0n) is 17.4. The van der Waals surface area contributed by atoms with Crippen LogP contribution in [0.2, 0.25) is 0 Å². The molecule has 0 saturated heterocycles. The molecule has 0 radical (unpaired) electrons. The van der Waals surface area contributed by atoms with E-state index >= 15 is 0 Å². The van der Waals surface area contributed by atoms with E-state index in [1.165, 1.54) is 11.3 Å². The van der Waals surface area contributed by atoms with Crippen molar-refractivity contribution in [3.05, 3.63) is 83.9 Å². The van der Waals surface area contributed by atoms with Gasteiger partial charge in [0.05, 0.1) is 21.9 Å². The van der Waals surface area contributed by atoms with E-state index in [0.717, 1.165) is 10.6 Å². The first-order valence-electron chi connectivity index (χ1n) is 10.1. The number of thiophene rings is 1. The van der Waals surface area contributed by atoms with E-state index in [0.29, 0.717) is 29.1 Å². The Hall–Kier alpha value is -3.43. The topological polar surface area (TPSA) is 93.1 Å². The molecule has 0 unspecified atom stereocenters. The lowest BCUT2D eigenvalue weighted by Gasteiger charge is -2.09. The number of carbonyl (C=O) groups is 1. The molecule has 0 spiro atoms. The minimum Gasteiger partial charge on any atom is -0.322 e. The van der Waals surface area contributed by atoms with E-state index in [2.05, 4.69) is 15.1 Å². The van der Waals surface area contributed by atoms with Crippen molar-refractivity contribution in [1.82, 2.24) is 9.78 Å². The van der Waals surface area contributed by atoms with Gasteiger partial charge in [0.2, 0.25) is 10.0 Å². The number of aromatic nitrogens is 2. The van der Waals surface area contributed by atoms with Crippen molar-refractivity contribution < 1.29 is 13.2 Å². The molecule has 2 aromatic carbocycles. The average molecular weight is 467 g/mol. The summed E-state index contributed by atoms with van der Waals surface area (Å²) in [6.07, 6.45) is 2.25. The Labute approximate surface area is 190 Å². The Morgan fingerprint density at radius 3 is 2.38 bits per heavy atom. The van der Waals surface area contributed by atoms with Gasteiger partial charge in [0.25, 0.3) is 5.91 Å². The first-order chi connectivity index (χ1) is 15.4. The number of amides is 1. The van der Waals surface area contributed by atoms with Gasteiger partial charge in [0, 0.05) is 17.6 Å². The fraction of sp³-hybridized carbons (Fsp3) is 0.130. The number of para-hydroxylation sites is 1. The molecule has 1 amide bonds. The highest BCUT2D eigenvalue weighted by Gasteiger charge is 2.19. The number of anilines is 2. The number of hydrogen-bond donors (Lipinski definition) is 2. The fourth-order valence-corrected chi connectivity index (χ4v) is 5.03. The van der Waals surface area contributed by atoms with Crippen LogP contribution in [0.1, 0.15) is 23.7 Å². The highest BCUT2D eigenvalue weighted by Crippen LogP contribution is 2.28. The zero-order valence-corrected chi connectivity index (χ0v) is 19.0. The molecule has 0 fully saturated rings. The lowest BCUT2D eigenvalue weighted by molar-refractivity contribution is 0.102. The molecule has 0 atom stereocenters. The van der Waals surface area contributed by atoms with E-state index in [1.54, 1.807) is 35.1 Å². The molecule has 2 heterocycles. The van der Waals surface area contributed by atoms with E-state index in [4.69, 9.17) is 0 Å². The van der Waals surface area contributed by atoms with E-state index in [9.17, 15) is 13.2 Å². The van der Waals surface area contributed by atoms with Crippen molar-refractivity contribution in [2.45, 2.75) is 13.3 Å². The molecular formula is C23H22N4O3S2. The molecule has 2 N–H and O–H groups in total. The standard InChI is InChI=1S/C23H22N4O3S2/c1-2-15-32(29,30)26-18-12-10-17(11-13-18)24-23(28)20-16-27(19-7-4-3-5-8-19)25-22(20)21-9-6-14-31-21/h3-14,16,26H,2,15H2,1H3,(H,24,28). The summed E-state index contributed by atoms with van der Waals surface area (Å²) in [5.74, 6) is -0.238. The van der Waals surface area contributed by atoms with Gasteiger partial charge in [0.1, 0.15) is 5.69 Å². The first-order valence-corrected chi connectivity index (χ1v) is 12.6. The van der Waals surface area contributed by atoms with Crippen LogP contribution in [0, 0.1) is 0 Å². The number of benzene rings is 2. The van der Waals surface area contributed by atoms with Crippen molar-refractivity contribution in [3.63, 3.8) is 0 Å². The minimum absolute atomic E-state index is 0.0579. The summed E-state index contributed by atoms with van der Waals surface area (Å²) in [5, 5.41) is 9.46. The molecule has 4 aromatic rings. The molecule has 0 aliphatic rings. The average Bonchev–Trinajstić information content (AvgIpc) is 3.45. The Balaban J connectivity index is 1.57. The van der Waals surface area contributed by atoms with Crippen molar-refractivity contribution in [2.75, 3.05) is 15.8 Å². The van der Waals surface area contributed by atoms with Gasteiger partial charge in [0.15, 0.2) is 0 Å². The normalized spacial score (nSPS) is 11.3. The smallest absolute Gasteiger partial charge is 0.259 e. The van der Waals surface area contributed by atoms with Gasteiger partial charge in [-0.2, -0.15) is 5.10 Å². The second kappa shape index (κ2) is 9.37. The van der Waals surface area contributed by atoms with Crippen LogP contribution >= 0.6 is 11.3 Å². The summed E-state index contributed by atoms with van der Waals surface area (Å²) < 4.78 is 28.1. The molecule has 164 valence electrons. The number of nitrogens with zero attached hydrogens (tertiary/aromatic N) is 2. The lowest BCUT2D eigenvalue weighted by atomic mass is 10.2. The van der Waals surface area contributed by atoms with Gasteiger partial charge in [-0.15, -0.1) is 11.3 Å². The molecule has 0 saturated carbocycles. The molecule has 32 heavy (non-hydrogen) atoms. The van der Waals surface area contributed by atoms with Crippen LogP contribution in [0.5, 0.6) is 0 Å². The summed E-state index contributed by atoms with van der Waals surface area (Å²) in [5.41, 5.74) is 2.91. The number of sulfonamides is 1. The number of nitrogens with one attached hydrogen (secondary N) is 2. The molecule has 0 aliphatic carbocycles. The predicted octanol–water partition coefficient (Wildman–Crippen LogP) is 5.00. The molecule has 0 aliphatic heterocycles. The predicted molar refractivity (Wildman–Crippen MR) is 129 cm³/mol. The van der Waals surface area contributed by atoms with Crippen molar-refractivity contribution in [1.29, 1.82) is 0 Å². The van der Waals surface area contributed by atoms with Gasteiger partial charge in [-0.25, -0.2) is 13.1 Å².